The van der Waals surface area contributed by atoms with E-state index in [0.29, 0.717) is 5.41 Å². The molecule has 2 heteroatoms. The number of anilines is 1. The highest BCUT2D eigenvalue weighted by molar-refractivity contribution is 5.61. The minimum absolute atomic E-state index is 0.337. The third kappa shape index (κ3) is 1.45. The molecule has 1 spiro atoms. The maximum absolute atomic E-state index is 4.13. The summed E-state index contributed by atoms with van der Waals surface area (Å²) in [7, 11) is 0. The Kier molecular flexibility index (Phi) is 2.25. The topological polar surface area (TPSA) is 24.1 Å². The van der Waals surface area contributed by atoms with Gasteiger partial charge in [-0.3, -0.25) is 0 Å². The Morgan fingerprint density at radius 1 is 1.12 bits per heavy atom. The van der Waals surface area contributed by atoms with Gasteiger partial charge in [0.15, 0.2) is 0 Å². The molecular weight excluding hydrogens is 196 g/mol. The van der Waals surface area contributed by atoms with E-state index >= 15 is 0 Å². The van der Waals surface area contributed by atoms with Gasteiger partial charge >= 0.3 is 0 Å². The van der Waals surface area contributed by atoms with Crippen LogP contribution in [-0.4, -0.2) is 13.1 Å². The number of piperidine rings is 1. The van der Waals surface area contributed by atoms with E-state index in [4.69, 9.17) is 0 Å². The second-order valence-electron chi connectivity index (χ2n) is 4.98. The first kappa shape index (κ1) is 9.91. The number of hydrogen-bond acceptors (Lipinski definition) is 2. The first-order valence-corrected chi connectivity index (χ1v) is 6.05. The molecule has 2 nitrogen and oxygen atoms in total. The number of allylic oxidation sites excluding steroid dienone is 1. The molecule has 0 radical (unpaired) electrons. The molecule has 0 saturated carbocycles. The number of fused-ring (bicyclic) bond motifs is 2. The van der Waals surface area contributed by atoms with E-state index in [9.17, 15) is 0 Å². The normalized spacial score (nSPS) is 22.6. The molecule has 1 fully saturated rings. The Morgan fingerprint density at radius 2 is 1.88 bits per heavy atom. The summed E-state index contributed by atoms with van der Waals surface area (Å²) in [6.07, 6.45) is 3.54. The van der Waals surface area contributed by atoms with Crippen molar-refractivity contribution < 1.29 is 0 Å². The summed E-state index contributed by atoms with van der Waals surface area (Å²) in [5, 5.41) is 6.87. The SMILES string of the molecule is C=C1CC2(CCNCC2)c2ccccc2N1. The van der Waals surface area contributed by atoms with Crippen LogP contribution in [0.25, 0.3) is 0 Å². The molecule has 84 valence electrons. The molecule has 1 saturated heterocycles. The summed E-state index contributed by atoms with van der Waals surface area (Å²) in [6.45, 7) is 6.38. The van der Waals surface area contributed by atoms with Crippen LogP contribution >= 0.6 is 0 Å². The molecule has 0 unspecified atom stereocenters. The van der Waals surface area contributed by atoms with Crippen molar-refractivity contribution in [3.63, 3.8) is 0 Å². The first-order valence-electron chi connectivity index (χ1n) is 6.05. The Balaban J connectivity index is 2.08. The predicted octanol–water partition coefficient (Wildman–Crippen LogP) is 2.64. The van der Waals surface area contributed by atoms with Crippen molar-refractivity contribution >= 4 is 5.69 Å². The quantitative estimate of drug-likeness (QED) is 0.693. The van der Waals surface area contributed by atoms with Crippen LogP contribution in [0.1, 0.15) is 24.8 Å². The molecule has 1 aromatic carbocycles. The van der Waals surface area contributed by atoms with Gasteiger partial charge in [-0.2, -0.15) is 0 Å². The second kappa shape index (κ2) is 3.63. The summed E-state index contributed by atoms with van der Waals surface area (Å²) in [5.41, 5.74) is 4.26. The average molecular weight is 214 g/mol. The molecule has 3 rings (SSSR count). The van der Waals surface area contributed by atoms with Crippen LogP contribution in [0.2, 0.25) is 0 Å². The van der Waals surface area contributed by atoms with Crippen LogP contribution in [-0.2, 0) is 5.41 Å². The minimum Gasteiger partial charge on any atom is -0.359 e. The summed E-state index contributed by atoms with van der Waals surface area (Å²) < 4.78 is 0. The number of hydrogen-bond donors (Lipinski definition) is 2. The van der Waals surface area contributed by atoms with Gasteiger partial charge in [-0.15, -0.1) is 0 Å². The van der Waals surface area contributed by atoms with Crippen molar-refractivity contribution in [2.75, 3.05) is 18.4 Å². The van der Waals surface area contributed by atoms with E-state index in [0.717, 1.165) is 19.5 Å². The molecule has 2 aliphatic heterocycles. The Bertz CT molecular complexity index is 416. The molecule has 0 atom stereocenters. The van der Waals surface area contributed by atoms with Gasteiger partial charge in [0.25, 0.3) is 0 Å². The predicted molar refractivity (Wildman–Crippen MR) is 67.6 cm³/mol. The van der Waals surface area contributed by atoms with Crippen molar-refractivity contribution in [1.29, 1.82) is 0 Å². The first-order chi connectivity index (χ1) is 7.80. The number of rotatable bonds is 0. The largest absolute Gasteiger partial charge is 0.359 e. The lowest BCUT2D eigenvalue weighted by Crippen LogP contribution is -2.42. The van der Waals surface area contributed by atoms with Crippen LogP contribution < -0.4 is 10.6 Å². The van der Waals surface area contributed by atoms with Crippen molar-refractivity contribution in [3.05, 3.63) is 42.1 Å². The molecule has 16 heavy (non-hydrogen) atoms. The third-order valence-electron chi connectivity index (χ3n) is 3.92. The Hall–Kier alpha value is -1.28. The van der Waals surface area contributed by atoms with Crippen LogP contribution in [0.4, 0.5) is 5.69 Å². The highest BCUT2D eigenvalue weighted by atomic mass is 14.9. The fraction of sp³-hybridized carbons (Fsp3) is 0.429. The van der Waals surface area contributed by atoms with Crippen LogP contribution in [0.3, 0.4) is 0 Å². The lowest BCUT2D eigenvalue weighted by atomic mass is 9.68. The fourth-order valence-corrected chi connectivity index (χ4v) is 3.14. The zero-order valence-corrected chi connectivity index (χ0v) is 9.55. The third-order valence-corrected chi connectivity index (χ3v) is 3.92. The average Bonchev–Trinajstić information content (AvgIpc) is 2.30. The van der Waals surface area contributed by atoms with E-state index < -0.39 is 0 Å². The zero-order chi connectivity index (χ0) is 11.0. The van der Waals surface area contributed by atoms with Gasteiger partial charge in [0.2, 0.25) is 0 Å². The molecule has 2 heterocycles. The summed E-state index contributed by atoms with van der Waals surface area (Å²) >= 11 is 0. The lowest BCUT2D eigenvalue weighted by molar-refractivity contribution is 0.301. The monoisotopic (exact) mass is 214 g/mol. The zero-order valence-electron chi connectivity index (χ0n) is 9.55. The van der Waals surface area contributed by atoms with Gasteiger partial charge in [0.05, 0.1) is 0 Å². The van der Waals surface area contributed by atoms with E-state index in [-0.39, 0.29) is 0 Å². The standard InChI is InChI=1S/C14H18N2/c1-11-10-14(6-8-15-9-7-14)12-4-2-3-5-13(12)16-11/h2-5,15-16H,1,6-10H2. The molecule has 0 aliphatic carbocycles. The maximum Gasteiger partial charge on any atom is 0.0420 e. The maximum atomic E-state index is 4.13. The van der Waals surface area contributed by atoms with Crippen molar-refractivity contribution in [2.24, 2.45) is 0 Å². The minimum atomic E-state index is 0.337. The summed E-state index contributed by atoms with van der Waals surface area (Å²) in [6, 6.07) is 8.70. The second-order valence-corrected chi connectivity index (χ2v) is 4.98. The molecule has 0 bridgehead atoms. The molecule has 2 N–H and O–H groups in total. The van der Waals surface area contributed by atoms with E-state index in [2.05, 4.69) is 41.5 Å². The van der Waals surface area contributed by atoms with Crippen LogP contribution in [0, 0.1) is 0 Å². The number of benzene rings is 1. The van der Waals surface area contributed by atoms with Crippen LogP contribution in [0.5, 0.6) is 0 Å². The molecule has 2 aliphatic rings. The summed E-state index contributed by atoms with van der Waals surface area (Å²) in [4.78, 5) is 0. The van der Waals surface area contributed by atoms with Crippen molar-refractivity contribution in [1.82, 2.24) is 5.32 Å². The summed E-state index contributed by atoms with van der Waals surface area (Å²) in [5.74, 6) is 0. The van der Waals surface area contributed by atoms with Crippen LogP contribution in [0.15, 0.2) is 36.5 Å². The van der Waals surface area contributed by atoms with E-state index in [1.165, 1.54) is 29.8 Å². The Morgan fingerprint density at radius 3 is 2.69 bits per heavy atom. The van der Waals surface area contributed by atoms with Gasteiger partial charge in [0, 0.05) is 16.8 Å². The van der Waals surface area contributed by atoms with Crippen molar-refractivity contribution in [3.8, 4) is 0 Å². The molecule has 1 aromatic rings. The van der Waals surface area contributed by atoms with Gasteiger partial charge in [-0.05, 0) is 44.0 Å². The van der Waals surface area contributed by atoms with Gasteiger partial charge in [-0.1, -0.05) is 24.8 Å². The molecule has 0 amide bonds. The Labute approximate surface area is 96.7 Å². The van der Waals surface area contributed by atoms with Gasteiger partial charge < -0.3 is 10.6 Å². The molecular formula is C14H18N2. The highest BCUT2D eigenvalue weighted by Gasteiger charge is 2.38. The number of para-hydroxylation sites is 1. The van der Waals surface area contributed by atoms with Gasteiger partial charge in [0.1, 0.15) is 0 Å². The molecule has 0 aromatic heterocycles. The van der Waals surface area contributed by atoms with Gasteiger partial charge in [-0.25, -0.2) is 0 Å². The highest BCUT2D eigenvalue weighted by Crippen LogP contribution is 2.45. The fourth-order valence-electron chi connectivity index (χ4n) is 3.14. The van der Waals surface area contributed by atoms with E-state index in [1.807, 2.05) is 0 Å². The number of nitrogens with one attached hydrogen (secondary N) is 2. The lowest BCUT2D eigenvalue weighted by Gasteiger charge is -2.43. The van der Waals surface area contributed by atoms with Crippen molar-refractivity contribution in [2.45, 2.75) is 24.7 Å². The smallest absolute Gasteiger partial charge is 0.0420 e. The van der Waals surface area contributed by atoms with E-state index in [1.54, 1.807) is 0 Å².